The van der Waals surface area contributed by atoms with Gasteiger partial charge in [-0.25, -0.2) is 15.8 Å². The molecule has 1 aliphatic carbocycles. The number of hydrogen-bond donors (Lipinski definition) is 3. The monoisotopic (exact) mass is 277 g/mol. The van der Waals surface area contributed by atoms with E-state index in [-0.39, 0.29) is 0 Å². The Balaban J connectivity index is 2.19. The maximum Gasteiger partial charge on any atom is 0.148 e. The van der Waals surface area contributed by atoms with E-state index < -0.39 is 0 Å². The predicted molar refractivity (Wildman–Crippen MR) is 83.6 cm³/mol. The van der Waals surface area contributed by atoms with Gasteiger partial charge in [0.2, 0.25) is 0 Å². The minimum atomic E-state index is 0.430. The molecule has 0 aliphatic heterocycles. The van der Waals surface area contributed by atoms with Crippen molar-refractivity contribution >= 4 is 11.6 Å². The SMILES string of the molecule is CCCc1nc(NN)c(C)c(NC2CCC(C)(C)C2)n1. The summed E-state index contributed by atoms with van der Waals surface area (Å²) in [4.78, 5) is 9.12. The Bertz CT molecular complexity index is 470. The lowest BCUT2D eigenvalue weighted by Gasteiger charge is -2.20. The van der Waals surface area contributed by atoms with Gasteiger partial charge in [-0.1, -0.05) is 20.8 Å². The smallest absolute Gasteiger partial charge is 0.148 e. The molecule has 5 heteroatoms. The average Bonchev–Trinajstić information content (AvgIpc) is 2.73. The van der Waals surface area contributed by atoms with E-state index in [9.17, 15) is 0 Å². The highest BCUT2D eigenvalue weighted by Gasteiger charge is 2.31. The van der Waals surface area contributed by atoms with Crippen molar-refractivity contribution in [2.75, 3.05) is 10.7 Å². The molecule has 1 unspecified atom stereocenters. The van der Waals surface area contributed by atoms with Crippen LogP contribution in [0.4, 0.5) is 11.6 Å². The fourth-order valence-electron chi connectivity index (χ4n) is 2.93. The summed E-state index contributed by atoms with van der Waals surface area (Å²) in [6, 6.07) is 0.499. The number of aromatic nitrogens is 2. The number of nitrogens with zero attached hydrogens (tertiary/aromatic N) is 2. The van der Waals surface area contributed by atoms with E-state index in [2.05, 4.69) is 41.5 Å². The maximum absolute atomic E-state index is 5.57. The average molecular weight is 277 g/mol. The zero-order chi connectivity index (χ0) is 14.8. The van der Waals surface area contributed by atoms with Crippen molar-refractivity contribution in [3.05, 3.63) is 11.4 Å². The van der Waals surface area contributed by atoms with Crippen LogP contribution in [-0.2, 0) is 6.42 Å². The van der Waals surface area contributed by atoms with Crippen molar-refractivity contribution < 1.29 is 0 Å². The van der Waals surface area contributed by atoms with Gasteiger partial charge in [0, 0.05) is 18.0 Å². The van der Waals surface area contributed by atoms with Crippen LogP contribution in [0.15, 0.2) is 0 Å². The Labute approximate surface area is 121 Å². The predicted octanol–water partition coefficient (Wildman–Crippen LogP) is 3.01. The summed E-state index contributed by atoms with van der Waals surface area (Å²) in [6.45, 7) is 8.80. The highest BCUT2D eigenvalue weighted by molar-refractivity contribution is 5.57. The fraction of sp³-hybridized carbons (Fsp3) is 0.733. The molecule has 20 heavy (non-hydrogen) atoms. The topological polar surface area (TPSA) is 75.9 Å². The van der Waals surface area contributed by atoms with E-state index in [1.807, 2.05) is 6.92 Å². The minimum absolute atomic E-state index is 0.430. The summed E-state index contributed by atoms with van der Waals surface area (Å²) < 4.78 is 0. The number of hydrogen-bond acceptors (Lipinski definition) is 5. The second-order valence-corrected chi connectivity index (χ2v) is 6.60. The first-order valence-corrected chi connectivity index (χ1v) is 7.56. The quantitative estimate of drug-likeness (QED) is 0.570. The molecular weight excluding hydrogens is 250 g/mol. The second kappa shape index (κ2) is 5.95. The van der Waals surface area contributed by atoms with Crippen molar-refractivity contribution in [3.8, 4) is 0 Å². The molecule has 1 aromatic heterocycles. The molecule has 1 saturated carbocycles. The zero-order valence-electron chi connectivity index (χ0n) is 13.1. The van der Waals surface area contributed by atoms with Gasteiger partial charge in [0.05, 0.1) is 0 Å². The Morgan fingerprint density at radius 1 is 1.30 bits per heavy atom. The van der Waals surface area contributed by atoms with Crippen molar-refractivity contribution in [1.82, 2.24) is 9.97 Å². The molecule has 1 fully saturated rings. The van der Waals surface area contributed by atoms with Crippen molar-refractivity contribution in [2.45, 2.75) is 65.8 Å². The van der Waals surface area contributed by atoms with Crippen molar-refractivity contribution in [3.63, 3.8) is 0 Å². The third-order valence-electron chi connectivity index (χ3n) is 4.11. The molecular formula is C15H27N5. The van der Waals surface area contributed by atoms with Gasteiger partial charge in [-0.05, 0) is 38.0 Å². The van der Waals surface area contributed by atoms with Gasteiger partial charge in [0.15, 0.2) is 0 Å². The minimum Gasteiger partial charge on any atom is -0.367 e. The molecule has 0 spiro atoms. The van der Waals surface area contributed by atoms with Gasteiger partial charge in [-0.3, -0.25) is 0 Å². The van der Waals surface area contributed by atoms with Gasteiger partial charge in [0.25, 0.3) is 0 Å². The Kier molecular flexibility index (Phi) is 4.48. The van der Waals surface area contributed by atoms with E-state index in [0.717, 1.165) is 35.9 Å². The largest absolute Gasteiger partial charge is 0.367 e. The maximum atomic E-state index is 5.57. The molecule has 0 radical (unpaired) electrons. The highest BCUT2D eigenvalue weighted by atomic mass is 15.3. The number of anilines is 2. The molecule has 0 amide bonds. The lowest BCUT2D eigenvalue weighted by atomic mass is 9.92. The van der Waals surface area contributed by atoms with Crippen LogP contribution in [0.3, 0.4) is 0 Å². The van der Waals surface area contributed by atoms with Crippen LogP contribution in [-0.4, -0.2) is 16.0 Å². The molecule has 0 saturated heterocycles. The normalized spacial score (nSPS) is 20.9. The summed E-state index contributed by atoms with van der Waals surface area (Å²) in [5.41, 5.74) is 4.11. The number of hydrazine groups is 1. The summed E-state index contributed by atoms with van der Waals surface area (Å²) >= 11 is 0. The Morgan fingerprint density at radius 2 is 2.00 bits per heavy atom. The fourth-order valence-corrected chi connectivity index (χ4v) is 2.93. The van der Waals surface area contributed by atoms with E-state index in [0.29, 0.717) is 11.5 Å². The number of nitrogen functional groups attached to an aromatic ring is 1. The molecule has 2 rings (SSSR count). The van der Waals surface area contributed by atoms with Gasteiger partial charge < -0.3 is 10.7 Å². The summed E-state index contributed by atoms with van der Waals surface area (Å²) in [5, 5.41) is 3.59. The number of nitrogens with two attached hydrogens (primary N) is 1. The third kappa shape index (κ3) is 3.39. The van der Waals surface area contributed by atoms with Gasteiger partial charge >= 0.3 is 0 Å². The Morgan fingerprint density at radius 3 is 2.55 bits per heavy atom. The molecule has 4 N–H and O–H groups in total. The first-order chi connectivity index (χ1) is 9.45. The molecule has 0 bridgehead atoms. The molecule has 1 heterocycles. The van der Waals surface area contributed by atoms with Gasteiger partial charge in [0.1, 0.15) is 17.5 Å². The lowest BCUT2D eigenvalue weighted by molar-refractivity contribution is 0.378. The number of rotatable bonds is 5. The first-order valence-electron chi connectivity index (χ1n) is 7.56. The van der Waals surface area contributed by atoms with Crippen LogP contribution in [0.2, 0.25) is 0 Å². The number of aryl methyl sites for hydroxylation is 1. The van der Waals surface area contributed by atoms with Crippen LogP contribution in [0.1, 0.15) is 57.8 Å². The van der Waals surface area contributed by atoms with Crippen molar-refractivity contribution in [2.24, 2.45) is 11.3 Å². The van der Waals surface area contributed by atoms with Crippen LogP contribution in [0.25, 0.3) is 0 Å². The molecule has 1 aromatic rings. The lowest BCUT2D eigenvalue weighted by Crippen LogP contribution is -2.21. The van der Waals surface area contributed by atoms with Crippen LogP contribution >= 0.6 is 0 Å². The van der Waals surface area contributed by atoms with Crippen LogP contribution < -0.4 is 16.6 Å². The third-order valence-corrected chi connectivity index (χ3v) is 4.11. The molecule has 1 atom stereocenters. The van der Waals surface area contributed by atoms with E-state index in [1.165, 1.54) is 19.3 Å². The van der Waals surface area contributed by atoms with Gasteiger partial charge in [-0.2, -0.15) is 0 Å². The van der Waals surface area contributed by atoms with E-state index in [4.69, 9.17) is 5.84 Å². The summed E-state index contributed by atoms with van der Waals surface area (Å²) in [5.74, 6) is 8.08. The summed E-state index contributed by atoms with van der Waals surface area (Å²) in [6.07, 6.45) is 5.55. The zero-order valence-corrected chi connectivity index (χ0v) is 13.1. The van der Waals surface area contributed by atoms with E-state index in [1.54, 1.807) is 0 Å². The molecule has 112 valence electrons. The molecule has 5 nitrogen and oxygen atoms in total. The number of nitrogens with one attached hydrogen (secondary N) is 2. The standard InChI is InChI=1S/C15H27N5/c1-5-6-12-18-13(10(2)14(19-12)20-16)17-11-7-8-15(3,4)9-11/h11H,5-9,16H2,1-4H3,(H2,17,18,19,20). The highest BCUT2D eigenvalue weighted by Crippen LogP contribution is 2.38. The summed E-state index contributed by atoms with van der Waals surface area (Å²) in [7, 11) is 0. The first kappa shape index (κ1) is 15.0. The Hall–Kier alpha value is -1.36. The van der Waals surface area contributed by atoms with Crippen LogP contribution in [0.5, 0.6) is 0 Å². The van der Waals surface area contributed by atoms with Crippen LogP contribution in [0, 0.1) is 12.3 Å². The molecule has 1 aliphatic rings. The van der Waals surface area contributed by atoms with Gasteiger partial charge in [-0.15, -0.1) is 0 Å². The van der Waals surface area contributed by atoms with Crippen molar-refractivity contribution in [1.29, 1.82) is 0 Å². The molecule has 0 aromatic carbocycles. The van der Waals surface area contributed by atoms with E-state index >= 15 is 0 Å². The second-order valence-electron chi connectivity index (χ2n) is 6.60.